The van der Waals surface area contributed by atoms with Crippen LogP contribution >= 0.6 is 0 Å². The van der Waals surface area contributed by atoms with Crippen LogP contribution in [0.4, 0.5) is 5.95 Å². The van der Waals surface area contributed by atoms with Gasteiger partial charge in [-0.05, 0) is 26.3 Å². The Balaban J connectivity index is 1.82. The van der Waals surface area contributed by atoms with Crippen molar-refractivity contribution in [3.8, 4) is 0 Å². The summed E-state index contributed by atoms with van der Waals surface area (Å²) in [7, 11) is 0. The molecule has 25 heavy (non-hydrogen) atoms. The lowest BCUT2D eigenvalue weighted by molar-refractivity contribution is -0.143. The van der Waals surface area contributed by atoms with Crippen molar-refractivity contribution in [2.45, 2.75) is 26.7 Å². The molecular formula is C17H28N6O2. The van der Waals surface area contributed by atoms with Crippen molar-refractivity contribution in [3.63, 3.8) is 0 Å². The average Bonchev–Trinajstić information content (AvgIpc) is 2.65. The van der Waals surface area contributed by atoms with E-state index in [4.69, 9.17) is 4.74 Å². The van der Waals surface area contributed by atoms with Crippen molar-refractivity contribution in [1.29, 1.82) is 0 Å². The lowest BCUT2D eigenvalue weighted by Crippen LogP contribution is -2.53. The summed E-state index contributed by atoms with van der Waals surface area (Å²) in [5.74, 6) is 1.53. The number of esters is 1. The van der Waals surface area contributed by atoms with Crippen molar-refractivity contribution in [2.75, 3.05) is 50.8 Å². The monoisotopic (exact) mass is 348 g/mol. The third-order valence-electron chi connectivity index (χ3n) is 3.85. The van der Waals surface area contributed by atoms with Crippen LogP contribution in [-0.4, -0.2) is 72.7 Å². The number of anilines is 1. The molecule has 0 atom stereocenters. The third-order valence-corrected chi connectivity index (χ3v) is 3.85. The molecule has 0 saturated carbocycles. The summed E-state index contributed by atoms with van der Waals surface area (Å²) in [6, 6.07) is 1.83. The Hall–Kier alpha value is -2.38. The smallest absolute Gasteiger partial charge is 0.305 e. The maximum atomic E-state index is 11.4. The molecule has 0 bridgehead atoms. The largest absolute Gasteiger partial charge is 0.466 e. The summed E-state index contributed by atoms with van der Waals surface area (Å²) >= 11 is 0. The Morgan fingerprint density at radius 2 is 1.96 bits per heavy atom. The van der Waals surface area contributed by atoms with Gasteiger partial charge in [-0.15, -0.1) is 0 Å². The molecule has 0 aromatic carbocycles. The lowest BCUT2D eigenvalue weighted by atomic mass is 10.3. The van der Waals surface area contributed by atoms with E-state index in [0.29, 0.717) is 26.0 Å². The zero-order valence-corrected chi connectivity index (χ0v) is 15.1. The molecule has 2 rings (SSSR count). The predicted octanol–water partition coefficient (Wildman–Crippen LogP) is 0.907. The number of piperazine rings is 1. The number of hydrogen-bond donors (Lipinski definition) is 1. The van der Waals surface area contributed by atoms with Gasteiger partial charge in [0.2, 0.25) is 5.95 Å². The molecule has 8 nitrogen and oxygen atoms in total. The molecule has 1 N–H and O–H groups in total. The minimum Gasteiger partial charge on any atom is -0.466 e. The van der Waals surface area contributed by atoms with Gasteiger partial charge in [-0.3, -0.25) is 9.79 Å². The van der Waals surface area contributed by atoms with Crippen molar-refractivity contribution in [1.82, 2.24) is 20.2 Å². The van der Waals surface area contributed by atoms with E-state index in [1.165, 1.54) is 0 Å². The van der Waals surface area contributed by atoms with Crippen molar-refractivity contribution in [2.24, 2.45) is 4.99 Å². The number of nitrogens with zero attached hydrogens (tertiary/aromatic N) is 5. The molecule has 138 valence electrons. The van der Waals surface area contributed by atoms with E-state index in [1.54, 1.807) is 12.4 Å². The summed E-state index contributed by atoms with van der Waals surface area (Å²) < 4.78 is 4.94. The fraction of sp³-hybridized carbons (Fsp3) is 0.647. The molecule has 0 amide bonds. The van der Waals surface area contributed by atoms with Crippen LogP contribution in [0.3, 0.4) is 0 Å². The van der Waals surface area contributed by atoms with Crippen molar-refractivity contribution < 1.29 is 9.53 Å². The van der Waals surface area contributed by atoms with Crippen LogP contribution < -0.4 is 10.2 Å². The highest BCUT2D eigenvalue weighted by Crippen LogP contribution is 2.10. The van der Waals surface area contributed by atoms with Gasteiger partial charge < -0.3 is 19.9 Å². The quantitative estimate of drug-likeness (QED) is 0.339. The van der Waals surface area contributed by atoms with E-state index < -0.39 is 0 Å². The Kier molecular flexibility index (Phi) is 7.94. The van der Waals surface area contributed by atoms with Gasteiger partial charge >= 0.3 is 5.97 Å². The van der Waals surface area contributed by atoms with Crippen LogP contribution in [0.1, 0.15) is 26.7 Å². The van der Waals surface area contributed by atoms with Crippen LogP contribution in [0, 0.1) is 0 Å². The van der Waals surface area contributed by atoms with E-state index >= 15 is 0 Å². The maximum absolute atomic E-state index is 11.4. The highest BCUT2D eigenvalue weighted by molar-refractivity contribution is 5.80. The minimum atomic E-state index is -0.154. The Morgan fingerprint density at radius 1 is 1.24 bits per heavy atom. The second kappa shape index (κ2) is 10.5. The molecule has 0 aliphatic carbocycles. The van der Waals surface area contributed by atoms with E-state index in [2.05, 4.69) is 37.0 Å². The third kappa shape index (κ3) is 6.21. The Morgan fingerprint density at radius 3 is 2.60 bits per heavy atom. The highest BCUT2D eigenvalue weighted by Gasteiger charge is 2.20. The van der Waals surface area contributed by atoms with Crippen molar-refractivity contribution >= 4 is 17.9 Å². The number of carbonyl (C=O) groups is 1. The highest BCUT2D eigenvalue weighted by atomic mass is 16.5. The van der Waals surface area contributed by atoms with Crippen molar-refractivity contribution in [3.05, 3.63) is 18.5 Å². The van der Waals surface area contributed by atoms with Gasteiger partial charge in [0.1, 0.15) is 0 Å². The van der Waals surface area contributed by atoms with Crippen LogP contribution in [0.5, 0.6) is 0 Å². The summed E-state index contributed by atoms with van der Waals surface area (Å²) in [4.78, 5) is 29.1. The number of aromatic nitrogens is 2. The zero-order chi connectivity index (χ0) is 17.9. The summed E-state index contributed by atoms with van der Waals surface area (Å²) in [5.41, 5.74) is 0. The summed E-state index contributed by atoms with van der Waals surface area (Å²) in [6.45, 7) is 9.18. The first-order valence-electron chi connectivity index (χ1n) is 8.95. The predicted molar refractivity (Wildman–Crippen MR) is 97.7 cm³/mol. The molecule has 2 heterocycles. The summed E-state index contributed by atoms with van der Waals surface area (Å²) in [6.07, 6.45) is 4.65. The molecule has 0 unspecified atom stereocenters. The van der Waals surface area contributed by atoms with Gasteiger partial charge in [-0.1, -0.05) is 0 Å². The van der Waals surface area contributed by atoms with E-state index in [0.717, 1.165) is 44.6 Å². The number of ether oxygens (including phenoxy) is 1. The molecule has 1 aliphatic heterocycles. The standard InChI is InChI=1S/C17H28N6O2/c1-3-18-16(19-8-5-7-15(24)25-4-2)22-11-13-23(14-12-22)17-20-9-6-10-21-17/h6,9-10H,3-5,7-8,11-14H2,1-2H3,(H,18,19). The van der Waals surface area contributed by atoms with Crippen LogP contribution in [0.2, 0.25) is 0 Å². The number of carbonyl (C=O) groups excluding carboxylic acids is 1. The Bertz CT molecular complexity index is 543. The van der Waals surface area contributed by atoms with E-state index in [9.17, 15) is 4.79 Å². The lowest BCUT2D eigenvalue weighted by Gasteiger charge is -2.36. The zero-order valence-electron chi connectivity index (χ0n) is 15.1. The maximum Gasteiger partial charge on any atom is 0.305 e. The summed E-state index contributed by atoms with van der Waals surface area (Å²) in [5, 5.41) is 3.33. The molecule has 1 aromatic heterocycles. The topological polar surface area (TPSA) is 83.0 Å². The van der Waals surface area contributed by atoms with Gasteiger partial charge in [-0.25, -0.2) is 9.97 Å². The number of aliphatic imine (C=N–C) groups is 1. The first kappa shape index (κ1) is 19.0. The normalized spacial score (nSPS) is 15.2. The molecule has 8 heteroatoms. The molecule has 0 spiro atoms. The fourth-order valence-electron chi connectivity index (χ4n) is 2.64. The van der Waals surface area contributed by atoms with Gasteiger partial charge in [0.05, 0.1) is 6.61 Å². The molecule has 1 aliphatic rings. The molecule has 1 fully saturated rings. The molecule has 1 saturated heterocycles. The van der Waals surface area contributed by atoms with E-state index in [1.807, 2.05) is 13.0 Å². The minimum absolute atomic E-state index is 0.154. The number of hydrogen-bond acceptors (Lipinski definition) is 6. The van der Waals surface area contributed by atoms with E-state index in [-0.39, 0.29) is 5.97 Å². The number of nitrogens with one attached hydrogen (secondary N) is 1. The SMILES string of the molecule is CCNC(=NCCCC(=O)OCC)N1CCN(c2ncccn2)CC1. The number of rotatable bonds is 7. The first-order chi connectivity index (χ1) is 12.2. The molecule has 1 aromatic rings. The van der Waals surface area contributed by atoms with Crippen LogP contribution in [0.15, 0.2) is 23.5 Å². The van der Waals surface area contributed by atoms with Gasteiger partial charge in [-0.2, -0.15) is 0 Å². The molecule has 0 radical (unpaired) electrons. The number of guanidine groups is 1. The fourth-order valence-corrected chi connectivity index (χ4v) is 2.64. The van der Waals surface area contributed by atoms with Gasteiger partial charge in [0.25, 0.3) is 0 Å². The average molecular weight is 348 g/mol. The first-order valence-corrected chi connectivity index (χ1v) is 8.95. The van der Waals surface area contributed by atoms with Crippen LogP contribution in [0.25, 0.3) is 0 Å². The second-order valence-electron chi connectivity index (χ2n) is 5.67. The van der Waals surface area contributed by atoms with Crippen LogP contribution in [-0.2, 0) is 9.53 Å². The van der Waals surface area contributed by atoms with Gasteiger partial charge in [0, 0.05) is 58.1 Å². The Labute approximate surface area is 149 Å². The van der Waals surface area contributed by atoms with Gasteiger partial charge in [0.15, 0.2) is 5.96 Å². The molecular weight excluding hydrogens is 320 g/mol. The second-order valence-corrected chi connectivity index (χ2v) is 5.67.